The Balaban J connectivity index is 1.83. The van der Waals surface area contributed by atoms with Crippen LogP contribution in [-0.2, 0) is 9.53 Å². The summed E-state index contributed by atoms with van der Waals surface area (Å²) in [5.41, 5.74) is 1.53. The Morgan fingerprint density at radius 2 is 1.94 bits per heavy atom. The molecule has 1 fully saturated rings. The molecule has 8 heteroatoms. The molecule has 0 radical (unpaired) electrons. The first-order valence-electron chi connectivity index (χ1n) is 9.99. The number of phenolic OH excluding ortho intramolecular Hbond substituents is 1. The first-order chi connectivity index (χ1) is 15.0. The van der Waals surface area contributed by atoms with E-state index in [0.29, 0.717) is 34.3 Å². The van der Waals surface area contributed by atoms with E-state index in [-0.39, 0.29) is 24.9 Å². The van der Waals surface area contributed by atoms with Gasteiger partial charge in [-0.2, -0.15) is 0 Å². The lowest BCUT2D eigenvalue weighted by Gasteiger charge is -2.16. The third-order valence-electron chi connectivity index (χ3n) is 4.38. The highest BCUT2D eigenvalue weighted by molar-refractivity contribution is 8.19. The zero-order valence-electron chi connectivity index (χ0n) is 17.2. The van der Waals surface area contributed by atoms with E-state index in [1.165, 1.54) is 22.7 Å². The van der Waals surface area contributed by atoms with E-state index in [0.717, 1.165) is 12.0 Å². The van der Waals surface area contributed by atoms with Gasteiger partial charge < -0.3 is 14.9 Å². The lowest BCUT2D eigenvalue weighted by molar-refractivity contribution is -0.113. The van der Waals surface area contributed by atoms with E-state index in [4.69, 9.17) is 9.84 Å². The van der Waals surface area contributed by atoms with Crippen LogP contribution in [0.5, 0.6) is 5.75 Å². The van der Waals surface area contributed by atoms with Crippen LogP contribution in [0.4, 0.5) is 5.69 Å². The fourth-order valence-corrected chi connectivity index (χ4v) is 3.83. The number of hydrogen-bond donors (Lipinski definition) is 2. The number of para-hydroxylation sites is 2. The Labute approximate surface area is 185 Å². The van der Waals surface area contributed by atoms with E-state index < -0.39 is 5.97 Å². The minimum atomic E-state index is -0.460. The quantitative estimate of drug-likeness (QED) is 0.368. The van der Waals surface area contributed by atoms with Crippen molar-refractivity contribution in [2.45, 2.75) is 19.8 Å². The molecule has 2 aromatic carbocycles. The van der Waals surface area contributed by atoms with Gasteiger partial charge in [-0.15, -0.1) is 0 Å². The molecule has 0 aliphatic carbocycles. The summed E-state index contributed by atoms with van der Waals surface area (Å²) in [5.74, 6) is -0.724. The molecule has 0 bridgehead atoms. The SMILES string of the molecule is CCCN=C1S/C(=C\c2ccc(C(=O)OCCCO)cc2)C(=O)N1c1ccccc1O. The van der Waals surface area contributed by atoms with Gasteiger partial charge in [0.05, 0.1) is 22.8 Å². The number of aliphatic hydroxyl groups excluding tert-OH is 1. The summed E-state index contributed by atoms with van der Waals surface area (Å²) in [6.07, 6.45) is 2.96. The number of carbonyl (C=O) groups excluding carboxylic acids is 2. The van der Waals surface area contributed by atoms with Crippen LogP contribution in [0.2, 0.25) is 0 Å². The average Bonchev–Trinajstić information content (AvgIpc) is 3.08. The van der Waals surface area contributed by atoms with Crippen molar-refractivity contribution in [3.8, 4) is 5.75 Å². The number of thioether (sulfide) groups is 1. The summed E-state index contributed by atoms with van der Waals surface area (Å²) < 4.78 is 5.07. The number of carbonyl (C=O) groups is 2. The normalized spacial score (nSPS) is 16.3. The molecule has 31 heavy (non-hydrogen) atoms. The third kappa shape index (κ3) is 5.53. The summed E-state index contributed by atoms with van der Waals surface area (Å²) in [5, 5.41) is 19.5. The second-order valence-electron chi connectivity index (χ2n) is 6.74. The summed E-state index contributed by atoms with van der Waals surface area (Å²) in [6, 6.07) is 13.4. The fraction of sp³-hybridized carbons (Fsp3) is 0.261. The molecule has 0 aromatic heterocycles. The van der Waals surface area contributed by atoms with Crippen LogP contribution < -0.4 is 4.90 Å². The number of anilines is 1. The van der Waals surface area contributed by atoms with Crippen molar-refractivity contribution in [3.63, 3.8) is 0 Å². The molecule has 7 nitrogen and oxygen atoms in total. The van der Waals surface area contributed by atoms with Gasteiger partial charge in [0.25, 0.3) is 5.91 Å². The van der Waals surface area contributed by atoms with Crippen molar-refractivity contribution >= 4 is 40.6 Å². The number of phenols is 1. The van der Waals surface area contributed by atoms with Gasteiger partial charge in [-0.3, -0.25) is 14.7 Å². The summed E-state index contributed by atoms with van der Waals surface area (Å²) in [4.78, 5) is 31.5. The molecule has 1 saturated heterocycles. The minimum absolute atomic E-state index is 0.00552. The Morgan fingerprint density at radius 3 is 2.61 bits per heavy atom. The van der Waals surface area contributed by atoms with Crippen molar-refractivity contribution in [1.29, 1.82) is 0 Å². The molecule has 3 rings (SSSR count). The molecule has 1 amide bonds. The first kappa shape index (κ1) is 22.6. The fourth-order valence-electron chi connectivity index (χ4n) is 2.83. The van der Waals surface area contributed by atoms with Crippen molar-refractivity contribution in [3.05, 3.63) is 64.6 Å². The molecular formula is C23H24N2O5S. The number of amides is 1. The number of aliphatic imine (C=N–C) groups is 1. The Bertz CT molecular complexity index is 1000. The zero-order chi connectivity index (χ0) is 22.2. The van der Waals surface area contributed by atoms with Crippen molar-refractivity contribution in [2.75, 3.05) is 24.7 Å². The molecule has 2 N–H and O–H groups in total. The van der Waals surface area contributed by atoms with Crippen LogP contribution in [0.1, 0.15) is 35.7 Å². The number of benzene rings is 2. The van der Waals surface area contributed by atoms with E-state index in [1.807, 2.05) is 6.92 Å². The van der Waals surface area contributed by atoms with Crippen LogP contribution in [0.3, 0.4) is 0 Å². The molecule has 162 valence electrons. The molecule has 0 atom stereocenters. The van der Waals surface area contributed by atoms with Crippen molar-refractivity contribution in [1.82, 2.24) is 0 Å². The van der Waals surface area contributed by atoms with E-state index in [2.05, 4.69) is 4.99 Å². The average molecular weight is 441 g/mol. The number of ether oxygens (including phenoxy) is 1. The highest BCUT2D eigenvalue weighted by Gasteiger charge is 2.35. The molecule has 1 aliphatic rings. The summed E-state index contributed by atoms with van der Waals surface area (Å²) >= 11 is 1.25. The van der Waals surface area contributed by atoms with E-state index in [1.54, 1.807) is 48.5 Å². The van der Waals surface area contributed by atoms with Crippen LogP contribution in [0, 0.1) is 0 Å². The lowest BCUT2D eigenvalue weighted by Crippen LogP contribution is -2.29. The Hall–Kier alpha value is -3.10. The largest absolute Gasteiger partial charge is 0.506 e. The van der Waals surface area contributed by atoms with Crippen LogP contribution in [0.15, 0.2) is 58.4 Å². The maximum Gasteiger partial charge on any atom is 0.338 e. The molecule has 2 aromatic rings. The van der Waals surface area contributed by atoms with E-state index >= 15 is 0 Å². The molecule has 0 spiro atoms. The van der Waals surface area contributed by atoms with Crippen molar-refractivity contribution in [2.24, 2.45) is 4.99 Å². The maximum atomic E-state index is 13.1. The van der Waals surface area contributed by atoms with Crippen LogP contribution in [-0.4, -0.2) is 47.0 Å². The minimum Gasteiger partial charge on any atom is -0.506 e. The monoisotopic (exact) mass is 440 g/mol. The number of esters is 1. The maximum absolute atomic E-state index is 13.1. The first-order valence-corrected chi connectivity index (χ1v) is 10.8. The lowest BCUT2D eigenvalue weighted by atomic mass is 10.1. The summed E-state index contributed by atoms with van der Waals surface area (Å²) in [6.45, 7) is 2.70. The van der Waals surface area contributed by atoms with Gasteiger partial charge in [0.1, 0.15) is 5.75 Å². The van der Waals surface area contributed by atoms with E-state index in [9.17, 15) is 14.7 Å². The Kier molecular flexibility index (Phi) is 7.86. The predicted molar refractivity (Wildman–Crippen MR) is 122 cm³/mol. The number of amidine groups is 1. The number of hydrogen-bond acceptors (Lipinski definition) is 7. The number of aromatic hydroxyl groups is 1. The number of rotatable bonds is 8. The van der Waals surface area contributed by atoms with Gasteiger partial charge in [0, 0.05) is 19.6 Å². The molecule has 1 heterocycles. The van der Waals surface area contributed by atoms with Gasteiger partial charge in [0.2, 0.25) is 0 Å². The van der Waals surface area contributed by atoms with Gasteiger partial charge in [-0.25, -0.2) is 4.79 Å². The topological polar surface area (TPSA) is 99.4 Å². The van der Waals surface area contributed by atoms with Crippen LogP contribution >= 0.6 is 11.8 Å². The molecule has 1 aliphatic heterocycles. The standard InChI is InChI=1S/C23H24N2O5S/c1-2-12-24-23-25(18-6-3-4-7-19(18)27)21(28)20(31-23)15-16-8-10-17(11-9-16)22(29)30-14-5-13-26/h3-4,6-11,15,26-27H,2,5,12-14H2,1H3/b20-15-,24-23?. The van der Waals surface area contributed by atoms with Gasteiger partial charge in [0.15, 0.2) is 5.17 Å². The molecular weight excluding hydrogens is 416 g/mol. The predicted octanol–water partition coefficient (Wildman–Crippen LogP) is 3.82. The Morgan fingerprint density at radius 1 is 1.19 bits per heavy atom. The second-order valence-corrected chi connectivity index (χ2v) is 7.75. The van der Waals surface area contributed by atoms with Gasteiger partial charge in [-0.1, -0.05) is 31.2 Å². The highest BCUT2D eigenvalue weighted by atomic mass is 32.2. The van der Waals surface area contributed by atoms with Crippen molar-refractivity contribution < 1.29 is 24.5 Å². The van der Waals surface area contributed by atoms with Gasteiger partial charge >= 0.3 is 5.97 Å². The number of aliphatic hydroxyl groups is 1. The number of nitrogens with zero attached hydrogens (tertiary/aromatic N) is 2. The highest BCUT2D eigenvalue weighted by Crippen LogP contribution is 2.39. The summed E-state index contributed by atoms with van der Waals surface area (Å²) in [7, 11) is 0. The van der Waals surface area contributed by atoms with Crippen LogP contribution in [0.25, 0.3) is 6.08 Å². The third-order valence-corrected chi connectivity index (χ3v) is 5.39. The smallest absolute Gasteiger partial charge is 0.338 e. The second kappa shape index (κ2) is 10.8. The van der Waals surface area contributed by atoms with Gasteiger partial charge in [-0.05, 0) is 54.1 Å². The molecule has 0 unspecified atom stereocenters. The zero-order valence-corrected chi connectivity index (χ0v) is 18.0. The molecule has 0 saturated carbocycles.